The van der Waals surface area contributed by atoms with E-state index >= 15 is 0 Å². The summed E-state index contributed by atoms with van der Waals surface area (Å²) in [5.41, 5.74) is 2.98. The monoisotopic (exact) mass is 340 g/mol. The summed E-state index contributed by atoms with van der Waals surface area (Å²) in [6, 6.07) is 10.1. The van der Waals surface area contributed by atoms with Crippen LogP contribution in [-0.2, 0) is 0 Å². The molecule has 3 N–H and O–H groups in total. The van der Waals surface area contributed by atoms with Gasteiger partial charge in [-0.05, 0) is 42.5 Å². The summed E-state index contributed by atoms with van der Waals surface area (Å²) >= 11 is 16.9. The van der Waals surface area contributed by atoms with Gasteiger partial charge in [0.1, 0.15) is 5.69 Å². The molecule has 0 aliphatic heterocycles. The number of thiocarbonyl (C=S) groups is 1. The largest absolute Gasteiger partial charge is 0.330 e. The molecule has 0 radical (unpaired) electrons. The van der Waals surface area contributed by atoms with E-state index in [1.807, 2.05) is 5.48 Å². The van der Waals surface area contributed by atoms with Gasteiger partial charge in [-0.2, -0.15) is 4.99 Å². The van der Waals surface area contributed by atoms with Crippen LogP contribution in [0, 0.1) is 0 Å². The highest BCUT2D eigenvalue weighted by atomic mass is 35.5. The van der Waals surface area contributed by atoms with E-state index in [1.165, 1.54) is 0 Å². The zero-order valence-corrected chi connectivity index (χ0v) is 12.9. The maximum Gasteiger partial charge on any atom is 0.199 e. The first-order valence-corrected chi connectivity index (χ1v) is 6.93. The van der Waals surface area contributed by atoms with Gasteiger partial charge in [-0.15, -0.1) is 0 Å². The van der Waals surface area contributed by atoms with Crippen molar-refractivity contribution >= 4 is 52.1 Å². The van der Waals surface area contributed by atoms with Gasteiger partial charge in [0.05, 0.1) is 10.7 Å². The normalized spacial score (nSPS) is 11.1. The molecule has 0 fully saturated rings. The lowest BCUT2D eigenvalue weighted by atomic mass is 10.3. The molecule has 0 bridgehead atoms. The Bertz CT molecular complexity index is 679. The van der Waals surface area contributed by atoms with Gasteiger partial charge in [0.15, 0.2) is 10.9 Å². The number of anilines is 1. The third-order valence-corrected chi connectivity index (χ3v) is 3.14. The predicted octanol–water partition coefficient (Wildman–Crippen LogP) is 3.51. The number of benzene rings is 1. The van der Waals surface area contributed by atoms with Crippen molar-refractivity contribution in [1.29, 1.82) is 0 Å². The summed E-state index contributed by atoms with van der Waals surface area (Å²) in [7, 11) is 0. The minimum absolute atomic E-state index is 0.112. The Hall–Kier alpha value is -1.73. The van der Waals surface area contributed by atoms with Crippen molar-refractivity contribution in [2.75, 3.05) is 5.32 Å². The molecule has 0 atom stereocenters. The fourth-order valence-electron chi connectivity index (χ4n) is 1.48. The maximum absolute atomic E-state index is 9.13. The fourth-order valence-corrected chi connectivity index (χ4v) is 2.13. The fraction of sp³-hybridized carbons (Fsp3) is 0. The van der Waals surface area contributed by atoms with E-state index < -0.39 is 0 Å². The van der Waals surface area contributed by atoms with Crippen molar-refractivity contribution in [1.82, 2.24) is 10.5 Å². The highest BCUT2D eigenvalue weighted by Crippen LogP contribution is 2.25. The first-order valence-electron chi connectivity index (χ1n) is 5.76. The van der Waals surface area contributed by atoms with Crippen LogP contribution in [0.25, 0.3) is 0 Å². The number of aromatic nitrogens is 1. The van der Waals surface area contributed by atoms with E-state index in [9.17, 15) is 0 Å². The van der Waals surface area contributed by atoms with Gasteiger partial charge in [-0.3, -0.25) is 15.7 Å². The molecule has 1 aromatic heterocycles. The standard InChI is InChI=1S/C13H10Cl2N4OS/c14-8-4-5-10(9(15)7-8)17-13(21)18-12(19-20)11-3-1-2-6-16-11/h1-7,20H,(H2,17,18,19,21). The molecule has 0 spiro atoms. The van der Waals surface area contributed by atoms with E-state index in [0.717, 1.165) is 0 Å². The molecule has 8 heteroatoms. The van der Waals surface area contributed by atoms with Gasteiger partial charge in [-0.1, -0.05) is 29.3 Å². The first kappa shape index (κ1) is 15.7. The SMILES string of the molecule is ON/C(=N/C(=S)Nc1ccc(Cl)cc1Cl)c1ccccn1. The number of nitrogens with zero attached hydrogens (tertiary/aromatic N) is 2. The van der Waals surface area contributed by atoms with Crippen LogP contribution in [0.1, 0.15) is 5.69 Å². The molecule has 5 nitrogen and oxygen atoms in total. The van der Waals surface area contributed by atoms with Crippen LogP contribution in [0.5, 0.6) is 0 Å². The molecular weight excluding hydrogens is 331 g/mol. The number of amidine groups is 1. The van der Waals surface area contributed by atoms with E-state index in [1.54, 1.807) is 42.6 Å². The second-order valence-corrected chi connectivity index (χ2v) is 5.07. The number of nitrogens with one attached hydrogen (secondary N) is 2. The summed E-state index contributed by atoms with van der Waals surface area (Å²) in [6.07, 6.45) is 1.58. The lowest BCUT2D eigenvalue weighted by molar-refractivity contribution is 0.235. The maximum atomic E-state index is 9.13. The molecule has 0 amide bonds. The summed E-state index contributed by atoms with van der Waals surface area (Å²) in [6.45, 7) is 0. The van der Waals surface area contributed by atoms with Gasteiger partial charge >= 0.3 is 0 Å². The van der Waals surface area contributed by atoms with Crippen molar-refractivity contribution in [3.63, 3.8) is 0 Å². The number of hydrogen-bond donors (Lipinski definition) is 3. The second kappa shape index (κ2) is 7.33. The Kier molecular flexibility index (Phi) is 5.46. The molecule has 21 heavy (non-hydrogen) atoms. The topological polar surface area (TPSA) is 69.5 Å². The van der Waals surface area contributed by atoms with E-state index in [4.69, 9.17) is 40.6 Å². The lowest BCUT2D eigenvalue weighted by Crippen LogP contribution is -2.24. The smallest absolute Gasteiger partial charge is 0.199 e. The minimum atomic E-state index is 0.112. The van der Waals surface area contributed by atoms with Gasteiger partial charge in [-0.25, -0.2) is 0 Å². The third-order valence-electron chi connectivity index (χ3n) is 2.40. The van der Waals surface area contributed by atoms with E-state index in [0.29, 0.717) is 21.4 Å². The Morgan fingerprint density at radius 2 is 2.05 bits per heavy atom. The molecular formula is C13H10Cl2N4OS. The summed E-state index contributed by atoms with van der Waals surface area (Å²) in [4.78, 5) is 8.10. The van der Waals surface area contributed by atoms with Crippen molar-refractivity contribution in [2.45, 2.75) is 0 Å². The zero-order chi connectivity index (χ0) is 15.2. The van der Waals surface area contributed by atoms with Gasteiger partial charge in [0.25, 0.3) is 0 Å². The molecule has 108 valence electrons. The number of hydrogen-bond acceptors (Lipinski definition) is 3. The quantitative estimate of drug-likeness (QED) is 0.338. The Balaban J connectivity index is 2.18. The van der Waals surface area contributed by atoms with Crippen LogP contribution in [-0.4, -0.2) is 21.1 Å². The molecule has 0 saturated heterocycles. The zero-order valence-electron chi connectivity index (χ0n) is 10.5. The van der Waals surface area contributed by atoms with Crippen LogP contribution in [0.2, 0.25) is 10.0 Å². The molecule has 0 aliphatic rings. The number of hydroxylamine groups is 1. The molecule has 2 aromatic rings. The van der Waals surface area contributed by atoms with Crippen LogP contribution in [0.4, 0.5) is 5.69 Å². The summed E-state index contributed by atoms with van der Waals surface area (Å²) in [5, 5.41) is 13.0. The van der Waals surface area contributed by atoms with E-state index in [-0.39, 0.29) is 10.9 Å². The minimum Gasteiger partial charge on any atom is -0.330 e. The summed E-state index contributed by atoms with van der Waals surface area (Å²) < 4.78 is 0. The van der Waals surface area contributed by atoms with Crippen LogP contribution in [0.3, 0.4) is 0 Å². The number of rotatable bonds is 2. The number of pyridine rings is 1. The van der Waals surface area contributed by atoms with Crippen molar-refractivity contribution in [3.05, 3.63) is 58.3 Å². The number of halogens is 2. The highest BCUT2D eigenvalue weighted by molar-refractivity contribution is 7.80. The third kappa shape index (κ3) is 4.37. The lowest BCUT2D eigenvalue weighted by Gasteiger charge is -2.08. The predicted molar refractivity (Wildman–Crippen MR) is 88.4 cm³/mol. The van der Waals surface area contributed by atoms with Crippen molar-refractivity contribution in [2.24, 2.45) is 4.99 Å². The van der Waals surface area contributed by atoms with Gasteiger partial charge in [0, 0.05) is 11.2 Å². The van der Waals surface area contributed by atoms with Crippen LogP contribution < -0.4 is 10.8 Å². The highest BCUT2D eigenvalue weighted by Gasteiger charge is 2.07. The van der Waals surface area contributed by atoms with Crippen molar-refractivity contribution in [3.8, 4) is 0 Å². The molecule has 1 heterocycles. The Morgan fingerprint density at radius 3 is 2.67 bits per heavy atom. The number of aliphatic imine (C=N–C) groups is 1. The molecule has 2 rings (SSSR count). The van der Waals surface area contributed by atoms with Crippen LogP contribution in [0.15, 0.2) is 47.6 Å². The van der Waals surface area contributed by atoms with Gasteiger partial charge in [0.2, 0.25) is 0 Å². The average Bonchev–Trinajstić information content (AvgIpc) is 2.48. The first-order chi connectivity index (χ1) is 10.1. The molecule has 0 saturated carbocycles. The molecule has 1 aromatic carbocycles. The van der Waals surface area contributed by atoms with Crippen molar-refractivity contribution < 1.29 is 5.21 Å². The Labute approximate surface area is 136 Å². The molecule has 0 unspecified atom stereocenters. The van der Waals surface area contributed by atoms with Crippen LogP contribution >= 0.6 is 35.4 Å². The summed E-state index contributed by atoms with van der Waals surface area (Å²) in [5.74, 6) is 0.123. The Morgan fingerprint density at radius 1 is 1.24 bits per heavy atom. The second-order valence-electron chi connectivity index (χ2n) is 3.84. The average molecular weight is 341 g/mol. The molecule has 0 aliphatic carbocycles. The van der Waals surface area contributed by atoms with E-state index in [2.05, 4.69) is 15.3 Å². The van der Waals surface area contributed by atoms with Gasteiger partial charge < -0.3 is 5.32 Å².